The number of carbonyl (C=O) groups excluding carboxylic acids is 1. The first-order valence-corrected chi connectivity index (χ1v) is 7.84. The third-order valence-electron chi connectivity index (χ3n) is 3.23. The normalized spacial score (nSPS) is 10.3. The van der Waals surface area contributed by atoms with E-state index < -0.39 is 5.91 Å². The van der Waals surface area contributed by atoms with Gasteiger partial charge in [-0.15, -0.1) is 10.2 Å². The number of nitrogens with zero attached hydrogens (tertiary/aromatic N) is 5. The van der Waals surface area contributed by atoms with Gasteiger partial charge in [0.15, 0.2) is 0 Å². The van der Waals surface area contributed by atoms with E-state index in [0.29, 0.717) is 32.7 Å². The number of amides is 1. The van der Waals surface area contributed by atoms with Crippen molar-refractivity contribution in [3.8, 4) is 17.5 Å². The number of aromatic nitrogens is 4. The van der Waals surface area contributed by atoms with Crippen LogP contribution >= 0.6 is 23.2 Å². The van der Waals surface area contributed by atoms with Crippen LogP contribution in [-0.4, -0.2) is 26.1 Å². The Morgan fingerprint density at radius 3 is 2.80 bits per heavy atom. The van der Waals surface area contributed by atoms with E-state index in [-0.39, 0.29) is 6.54 Å². The lowest BCUT2D eigenvalue weighted by atomic mass is 10.2. The maximum atomic E-state index is 12.2. The number of hydrogen-bond acceptors (Lipinski definition) is 5. The van der Waals surface area contributed by atoms with E-state index in [0.717, 1.165) is 4.80 Å². The summed E-state index contributed by atoms with van der Waals surface area (Å²) in [5, 5.41) is 24.5. The Balaban J connectivity index is 1.74. The predicted molar refractivity (Wildman–Crippen MR) is 93.1 cm³/mol. The maximum Gasteiger partial charge on any atom is 0.248 e. The number of nitriles is 1. The molecule has 0 fully saturated rings. The second kappa shape index (κ2) is 7.30. The van der Waals surface area contributed by atoms with Gasteiger partial charge in [0.1, 0.15) is 12.6 Å². The standard InChI is InChI=1S/C16H10Cl2N6O/c17-11-6-5-10(8-19)14(7-11)20-15(25)9-24-22-16(21-23-24)12-3-1-2-4-13(12)18/h1-7H,9H2,(H,20,25). The van der Waals surface area contributed by atoms with Crippen LogP contribution in [0, 0.1) is 11.3 Å². The molecule has 0 aliphatic heterocycles. The number of tetrazole rings is 1. The van der Waals surface area contributed by atoms with Gasteiger partial charge in [-0.2, -0.15) is 10.1 Å². The minimum absolute atomic E-state index is 0.172. The lowest BCUT2D eigenvalue weighted by Gasteiger charge is -2.06. The molecule has 0 atom stereocenters. The van der Waals surface area contributed by atoms with Gasteiger partial charge >= 0.3 is 0 Å². The zero-order chi connectivity index (χ0) is 17.8. The Kier molecular flexibility index (Phi) is 4.93. The van der Waals surface area contributed by atoms with Crippen molar-refractivity contribution >= 4 is 34.8 Å². The van der Waals surface area contributed by atoms with Gasteiger partial charge < -0.3 is 5.32 Å². The lowest BCUT2D eigenvalue weighted by Crippen LogP contribution is -2.21. The Bertz CT molecular complexity index is 979. The molecule has 0 bridgehead atoms. The summed E-state index contributed by atoms with van der Waals surface area (Å²) in [7, 11) is 0. The maximum absolute atomic E-state index is 12.2. The van der Waals surface area contributed by atoms with Gasteiger partial charge in [0.05, 0.1) is 16.3 Å². The summed E-state index contributed by atoms with van der Waals surface area (Å²) in [5.41, 5.74) is 1.25. The highest BCUT2D eigenvalue weighted by Gasteiger charge is 2.13. The number of halogens is 2. The average molecular weight is 373 g/mol. The molecule has 0 saturated carbocycles. The molecule has 0 unspecified atom stereocenters. The number of hydrogen-bond donors (Lipinski definition) is 1. The second-order valence-corrected chi connectivity index (χ2v) is 5.82. The summed E-state index contributed by atoms with van der Waals surface area (Å²) in [5.74, 6) is -0.0965. The summed E-state index contributed by atoms with van der Waals surface area (Å²) in [6, 6.07) is 13.7. The van der Waals surface area contributed by atoms with Crippen molar-refractivity contribution in [3.05, 3.63) is 58.1 Å². The zero-order valence-electron chi connectivity index (χ0n) is 12.6. The molecule has 3 aromatic rings. The molecule has 2 aromatic carbocycles. The van der Waals surface area contributed by atoms with Crippen LogP contribution in [0.4, 0.5) is 5.69 Å². The fourth-order valence-corrected chi connectivity index (χ4v) is 2.49. The molecule has 9 heteroatoms. The van der Waals surface area contributed by atoms with Crippen LogP contribution in [0.25, 0.3) is 11.4 Å². The first-order valence-electron chi connectivity index (χ1n) is 7.09. The molecule has 7 nitrogen and oxygen atoms in total. The van der Waals surface area contributed by atoms with Crippen molar-refractivity contribution in [2.75, 3.05) is 5.32 Å². The molecule has 0 aliphatic rings. The van der Waals surface area contributed by atoms with Crippen molar-refractivity contribution in [1.82, 2.24) is 20.2 Å². The van der Waals surface area contributed by atoms with Gasteiger partial charge in [-0.3, -0.25) is 4.79 Å². The second-order valence-electron chi connectivity index (χ2n) is 4.97. The minimum atomic E-state index is -0.415. The lowest BCUT2D eigenvalue weighted by molar-refractivity contribution is -0.117. The molecule has 0 aliphatic carbocycles. The third kappa shape index (κ3) is 3.94. The highest BCUT2D eigenvalue weighted by Crippen LogP contribution is 2.23. The van der Waals surface area contributed by atoms with E-state index >= 15 is 0 Å². The van der Waals surface area contributed by atoms with Gasteiger partial charge in [-0.05, 0) is 35.5 Å². The van der Waals surface area contributed by atoms with Crippen LogP contribution in [0.5, 0.6) is 0 Å². The molecule has 3 rings (SSSR count). The van der Waals surface area contributed by atoms with E-state index in [1.54, 1.807) is 30.3 Å². The van der Waals surface area contributed by atoms with E-state index in [9.17, 15) is 4.79 Å². The molecular weight excluding hydrogens is 363 g/mol. The summed E-state index contributed by atoms with van der Waals surface area (Å²) in [4.78, 5) is 13.3. The summed E-state index contributed by atoms with van der Waals surface area (Å²) < 4.78 is 0. The van der Waals surface area contributed by atoms with Crippen LogP contribution in [0.15, 0.2) is 42.5 Å². The summed E-state index contributed by atoms with van der Waals surface area (Å²) in [6.07, 6.45) is 0. The Hall–Kier alpha value is -2.95. The van der Waals surface area contributed by atoms with Crippen molar-refractivity contribution < 1.29 is 4.79 Å². The Morgan fingerprint density at radius 1 is 1.24 bits per heavy atom. The van der Waals surface area contributed by atoms with E-state index in [4.69, 9.17) is 28.5 Å². The third-order valence-corrected chi connectivity index (χ3v) is 3.79. The minimum Gasteiger partial charge on any atom is -0.323 e. The quantitative estimate of drug-likeness (QED) is 0.758. The van der Waals surface area contributed by atoms with Gasteiger partial charge in [-0.25, -0.2) is 0 Å². The highest BCUT2D eigenvalue weighted by atomic mass is 35.5. The first-order chi connectivity index (χ1) is 12.1. The molecule has 1 aromatic heterocycles. The topological polar surface area (TPSA) is 96.5 Å². The van der Waals surface area contributed by atoms with E-state index in [1.807, 2.05) is 6.07 Å². The summed E-state index contributed by atoms with van der Waals surface area (Å²) >= 11 is 12.0. The monoisotopic (exact) mass is 372 g/mol. The van der Waals surface area contributed by atoms with E-state index in [1.165, 1.54) is 12.1 Å². The van der Waals surface area contributed by atoms with Gasteiger partial charge in [0.2, 0.25) is 11.7 Å². The fraction of sp³-hybridized carbons (Fsp3) is 0.0625. The zero-order valence-corrected chi connectivity index (χ0v) is 14.2. The van der Waals surface area contributed by atoms with Crippen LogP contribution in [0.3, 0.4) is 0 Å². The van der Waals surface area contributed by atoms with Gasteiger partial charge in [-0.1, -0.05) is 35.3 Å². The molecule has 1 heterocycles. The Morgan fingerprint density at radius 2 is 2.04 bits per heavy atom. The molecular formula is C16H10Cl2N6O. The molecule has 1 N–H and O–H groups in total. The smallest absolute Gasteiger partial charge is 0.248 e. The van der Waals surface area contributed by atoms with Crippen LogP contribution in [0.2, 0.25) is 10.0 Å². The van der Waals surface area contributed by atoms with Crippen LogP contribution in [0.1, 0.15) is 5.56 Å². The van der Waals surface area contributed by atoms with Crippen LogP contribution in [-0.2, 0) is 11.3 Å². The van der Waals surface area contributed by atoms with Crippen molar-refractivity contribution in [2.24, 2.45) is 0 Å². The highest BCUT2D eigenvalue weighted by molar-refractivity contribution is 6.33. The molecule has 1 amide bonds. The van der Waals surface area contributed by atoms with Gasteiger partial charge in [0.25, 0.3) is 0 Å². The Labute approximate surface area is 152 Å². The number of rotatable bonds is 4. The van der Waals surface area contributed by atoms with Crippen molar-refractivity contribution in [1.29, 1.82) is 5.26 Å². The SMILES string of the molecule is N#Cc1ccc(Cl)cc1NC(=O)Cn1nnc(-c2ccccc2Cl)n1. The molecule has 124 valence electrons. The number of benzene rings is 2. The average Bonchev–Trinajstić information content (AvgIpc) is 3.03. The molecule has 25 heavy (non-hydrogen) atoms. The number of nitrogens with one attached hydrogen (secondary N) is 1. The predicted octanol–water partition coefficient (Wildman–Crippen LogP) is 3.16. The van der Waals surface area contributed by atoms with E-state index in [2.05, 4.69) is 20.7 Å². The summed E-state index contributed by atoms with van der Waals surface area (Å²) in [6.45, 7) is -0.172. The first kappa shape index (κ1) is 16.9. The van der Waals surface area contributed by atoms with Gasteiger partial charge in [0, 0.05) is 10.6 Å². The number of anilines is 1. The largest absolute Gasteiger partial charge is 0.323 e. The fourth-order valence-electron chi connectivity index (χ4n) is 2.10. The van der Waals surface area contributed by atoms with Crippen molar-refractivity contribution in [2.45, 2.75) is 6.54 Å². The number of carbonyl (C=O) groups is 1. The van der Waals surface area contributed by atoms with Crippen molar-refractivity contribution in [3.63, 3.8) is 0 Å². The molecule has 0 saturated heterocycles. The van der Waals surface area contributed by atoms with Crippen LogP contribution < -0.4 is 5.32 Å². The molecule has 0 radical (unpaired) electrons. The molecule has 0 spiro atoms.